The van der Waals surface area contributed by atoms with Crippen LogP contribution in [0.4, 0.5) is 13.2 Å². The maximum Gasteiger partial charge on any atom is 0.402 e. The topological polar surface area (TPSA) is 101 Å². The highest BCUT2D eigenvalue weighted by Crippen LogP contribution is 2.50. The van der Waals surface area contributed by atoms with Crippen molar-refractivity contribution >= 4 is 10.2 Å². The molecule has 2 aliphatic carbocycles. The Hall–Kier alpha value is -2.83. The molecule has 1 aliphatic heterocycles. The second kappa shape index (κ2) is 7.84. The molecule has 2 fully saturated rings. The van der Waals surface area contributed by atoms with Crippen LogP contribution in [0.3, 0.4) is 0 Å². The summed E-state index contributed by atoms with van der Waals surface area (Å²) in [6, 6.07) is 11.2. The molecule has 3 aromatic rings. The molecule has 1 aromatic carbocycles. The van der Waals surface area contributed by atoms with Crippen molar-refractivity contribution in [2.45, 2.75) is 37.4 Å². The third-order valence-electron chi connectivity index (χ3n) is 7.48. The summed E-state index contributed by atoms with van der Waals surface area (Å²) >= 11 is 0. The maximum absolute atomic E-state index is 13.1. The Morgan fingerprint density at radius 3 is 2.60 bits per heavy atom. The molecule has 3 atom stereocenters. The number of hydrogen-bond acceptors (Lipinski definition) is 6. The van der Waals surface area contributed by atoms with E-state index in [1.165, 1.54) is 0 Å². The van der Waals surface area contributed by atoms with Gasteiger partial charge in [-0.25, -0.2) is 0 Å². The molecule has 1 spiro atoms. The Kier molecular flexibility index (Phi) is 5.07. The summed E-state index contributed by atoms with van der Waals surface area (Å²) in [5.74, 6) is 0.532. The molecule has 1 N–H and O–H groups in total. The molecular weight excluding hydrogens is 483 g/mol. The van der Waals surface area contributed by atoms with Crippen molar-refractivity contribution in [2.24, 2.45) is 11.8 Å². The van der Waals surface area contributed by atoms with E-state index in [2.05, 4.69) is 19.8 Å². The summed E-state index contributed by atoms with van der Waals surface area (Å²) in [5, 5.41) is 4.02. The van der Waals surface area contributed by atoms with E-state index in [0.29, 0.717) is 34.6 Å². The zero-order chi connectivity index (χ0) is 24.4. The summed E-state index contributed by atoms with van der Waals surface area (Å²) in [4.78, 5) is 8.69. The molecule has 35 heavy (non-hydrogen) atoms. The standard InChI is InChI=1S/C23H22F3N5O3S/c24-23(25,26)13-31-12-22(30-35(31,32)33)17-6-7-18(22)11-16-9-15(5-4-14(16)10-17)21-28-20(29-34-21)19-3-1-2-8-27-19/h1-5,8-9,17-18,30H,6-7,10-13H2/t17-,18+,22-/m1/s1. The maximum atomic E-state index is 13.1. The first-order chi connectivity index (χ1) is 16.6. The molecule has 1 saturated carbocycles. The van der Waals surface area contributed by atoms with E-state index in [0.717, 1.165) is 29.5 Å². The summed E-state index contributed by atoms with van der Waals surface area (Å²) < 4.78 is 73.2. The molecule has 12 heteroatoms. The van der Waals surface area contributed by atoms with Crippen LogP contribution in [0.2, 0.25) is 0 Å². The monoisotopic (exact) mass is 505 g/mol. The van der Waals surface area contributed by atoms with Gasteiger partial charge < -0.3 is 4.52 Å². The fourth-order valence-electron chi connectivity index (χ4n) is 5.92. The van der Waals surface area contributed by atoms with E-state index in [-0.39, 0.29) is 18.4 Å². The highest BCUT2D eigenvalue weighted by Gasteiger charge is 2.60. The lowest BCUT2D eigenvalue weighted by Crippen LogP contribution is -2.52. The van der Waals surface area contributed by atoms with Crippen molar-refractivity contribution in [1.82, 2.24) is 24.2 Å². The third-order valence-corrected chi connectivity index (χ3v) is 9.06. The summed E-state index contributed by atoms with van der Waals surface area (Å²) in [7, 11) is -4.21. The average molecular weight is 506 g/mol. The Balaban J connectivity index is 1.30. The number of nitrogens with zero attached hydrogens (tertiary/aromatic N) is 4. The molecule has 8 nitrogen and oxygen atoms in total. The van der Waals surface area contributed by atoms with Crippen LogP contribution in [0.1, 0.15) is 24.0 Å². The van der Waals surface area contributed by atoms with Crippen molar-refractivity contribution in [2.75, 3.05) is 13.1 Å². The molecular formula is C23H22F3N5O3S. The smallest absolute Gasteiger partial charge is 0.334 e. The van der Waals surface area contributed by atoms with Gasteiger partial charge in [0.25, 0.3) is 16.1 Å². The number of pyridine rings is 1. The van der Waals surface area contributed by atoms with E-state index in [1.807, 2.05) is 24.3 Å². The van der Waals surface area contributed by atoms with Gasteiger partial charge in [-0.1, -0.05) is 17.3 Å². The fourth-order valence-corrected chi connectivity index (χ4v) is 7.62. The van der Waals surface area contributed by atoms with E-state index in [9.17, 15) is 21.6 Å². The first-order valence-corrected chi connectivity index (χ1v) is 12.8. The van der Waals surface area contributed by atoms with E-state index < -0.39 is 28.5 Å². The third kappa shape index (κ3) is 3.93. The SMILES string of the molecule is O=S1(=O)N[C@]2(CN1CC(F)(F)F)[C@@H]1CC[C@H]2Cc2cc(-c3nc(-c4ccccn4)no3)ccc2C1. The molecule has 6 rings (SSSR count). The molecule has 0 radical (unpaired) electrons. The molecule has 3 aliphatic rings. The van der Waals surface area contributed by atoms with Gasteiger partial charge >= 0.3 is 6.18 Å². The number of hydrogen-bond donors (Lipinski definition) is 1. The first-order valence-electron chi connectivity index (χ1n) is 11.4. The first kappa shape index (κ1) is 22.6. The van der Waals surface area contributed by atoms with Gasteiger partial charge in [0.1, 0.15) is 12.2 Å². The van der Waals surface area contributed by atoms with Crippen molar-refractivity contribution in [3.63, 3.8) is 0 Å². The summed E-state index contributed by atoms with van der Waals surface area (Å²) in [5.41, 5.74) is 2.52. The minimum atomic E-state index is -4.60. The number of benzene rings is 1. The van der Waals surface area contributed by atoms with Crippen LogP contribution in [-0.2, 0) is 23.1 Å². The Morgan fingerprint density at radius 1 is 1.11 bits per heavy atom. The highest BCUT2D eigenvalue weighted by atomic mass is 32.2. The van der Waals surface area contributed by atoms with Gasteiger partial charge in [0.15, 0.2) is 0 Å². The molecule has 184 valence electrons. The second-order valence-electron chi connectivity index (χ2n) is 9.53. The van der Waals surface area contributed by atoms with Gasteiger partial charge in [0.2, 0.25) is 5.82 Å². The van der Waals surface area contributed by atoms with Gasteiger partial charge in [0, 0.05) is 18.3 Å². The van der Waals surface area contributed by atoms with Crippen molar-refractivity contribution < 1.29 is 26.1 Å². The number of rotatable bonds is 3. The molecule has 1 saturated heterocycles. The van der Waals surface area contributed by atoms with Gasteiger partial charge in [-0.15, -0.1) is 0 Å². The normalized spacial score (nSPS) is 27.7. The molecule has 2 aromatic heterocycles. The zero-order valence-corrected chi connectivity index (χ0v) is 19.3. The van der Waals surface area contributed by atoms with Crippen LogP contribution >= 0.6 is 0 Å². The highest BCUT2D eigenvalue weighted by molar-refractivity contribution is 7.87. The molecule has 0 unspecified atom stereocenters. The molecule has 0 amide bonds. The predicted molar refractivity (Wildman–Crippen MR) is 119 cm³/mol. The van der Waals surface area contributed by atoms with Gasteiger partial charge in [-0.3, -0.25) is 4.98 Å². The van der Waals surface area contributed by atoms with Crippen molar-refractivity contribution in [1.29, 1.82) is 0 Å². The zero-order valence-electron chi connectivity index (χ0n) is 18.5. The van der Waals surface area contributed by atoms with Crippen LogP contribution in [0.25, 0.3) is 23.0 Å². The van der Waals surface area contributed by atoms with Crippen LogP contribution in [0, 0.1) is 11.8 Å². The lowest BCUT2D eigenvalue weighted by atomic mass is 9.79. The Bertz CT molecular complexity index is 1380. The van der Waals surface area contributed by atoms with Crippen LogP contribution in [0.5, 0.6) is 0 Å². The summed E-state index contributed by atoms with van der Waals surface area (Å²) in [6.07, 6.45) is -0.279. The van der Waals surface area contributed by atoms with E-state index in [1.54, 1.807) is 18.3 Å². The largest absolute Gasteiger partial charge is 0.402 e. The second-order valence-corrected chi connectivity index (χ2v) is 11.2. The minimum Gasteiger partial charge on any atom is -0.334 e. The van der Waals surface area contributed by atoms with Crippen LogP contribution < -0.4 is 4.72 Å². The quantitative estimate of drug-likeness (QED) is 0.586. The average Bonchev–Trinajstić information content (AvgIpc) is 3.43. The lowest BCUT2D eigenvalue weighted by Gasteiger charge is -2.33. The van der Waals surface area contributed by atoms with Crippen LogP contribution in [0.15, 0.2) is 47.1 Å². The van der Waals surface area contributed by atoms with E-state index in [4.69, 9.17) is 4.52 Å². The molecule has 2 bridgehead atoms. The number of halogens is 3. The number of alkyl halides is 3. The van der Waals surface area contributed by atoms with Gasteiger partial charge in [0.05, 0.1) is 5.54 Å². The number of aromatic nitrogens is 3. The lowest BCUT2D eigenvalue weighted by molar-refractivity contribution is -0.136. The number of nitrogens with one attached hydrogen (secondary N) is 1. The predicted octanol–water partition coefficient (Wildman–Crippen LogP) is 3.37. The van der Waals surface area contributed by atoms with Crippen molar-refractivity contribution in [3.8, 4) is 23.0 Å². The number of fused-ring (bicyclic) bond motifs is 1. The Labute approximate surface area is 199 Å². The van der Waals surface area contributed by atoms with Gasteiger partial charge in [-0.2, -0.15) is 35.6 Å². The Morgan fingerprint density at radius 2 is 1.89 bits per heavy atom. The van der Waals surface area contributed by atoms with Crippen LogP contribution in [-0.4, -0.2) is 52.7 Å². The summed E-state index contributed by atoms with van der Waals surface area (Å²) in [6.45, 7) is -1.64. The van der Waals surface area contributed by atoms with Gasteiger partial charge in [-0.05, 0) is 72.9 Å². The van der Waals surface area contributed by atoms with Crippen molar-refractivity contribution in [3.05, 3.63) is 53.7 Å². The minimum absolute atomic E-state index is 0.0771. The van der Waals surface area contributed by atoms with E-state index >= 15 is 0 Å². The molecule has 3 heterocycles. The fraction of sp³-hybridized carbons (Fsp3) is 0.435.